The fraction of sp³-hybridized carbons (Fsp3) is 0.900. The summed E-state index contributed by atoms with van der Waals surface area (Å²) >= 11 is 0. The molecule has 2 saturated carbocycles. The molecule has 0 bridgehead atoms. The van der Waals surface area contributed by atoms with E-state index in [1.807, 2.05) is 0 Å². The molecule has 184 valence electrons. The van der Waals surface area contributed by atoms with Crippen molar-refractivity contribution in [3.63, 3.8) is 0 Å². The van der Waals surface area contributed by atoms with Crippen LogP contribution in [-0.4, -0.2) is 12.1 Å². The summed E-state index contributed by atoms with van der Waals surface area (Å²) in [5.41, 5.74) is 1.94. The van der Waals surface area contributed by atoms with Crippen LogP contribution in [0, 0.1) is 40.9 Å². The van der Waals surface area contributed by atoms with Crippen LogP contribution < -0.4 is 0 Å². The van der Waals surface area contributed by atoms with Crippen molar-refractivity contribution in [3.05, 3.63) is 11.6 Å². The number of carbonyl (C=O) groups is 1. The predicted octanol–water partition coefficient (Wildman–Crippen LogP) is 8.74. The van der Waals surface area contributed by atoms with Crippen molar-refractivity contribution in [2.45, 2.75) is 131 Å². The second kappa shape index (κ2) is 11.6. The Morgan fingerprint density at radius 3 is 2.62 bits per heavy atom. The van der Waals surface area contributed by atoms with Crippen LogP contribution >= 0.6 is 0 Å². The first kappa shape index (κ1) is 25.8. The van der Waals surface area contributed by atoms with Gasteiger partial charge in [0, 0.05) is 13.3 Å². The average Bonchev–Trinajstić information content (AvgIpc) is 3.22. The Bertz CT molecular complexity index is 635. The van der Waals surface area contributed by atoms with E-state index in [0.29, 0.717) is 5.41 Å². The molecule has 0 aromatic carbocycles. The van der Waals surface area contributed by atoms with Crippen LogP contribution in [-0.2, 0) is 9.53 Å². The molecule has 0 aliphatic heterocycles. The Kier molecular flexibility index (Phi) is 9.33. The summed E-state index contributed by atoms with van der Waals surface area (Å²) in [6, 6.07) is 0. The molecule has 1 unspecified atom stereocenters. The van der Waals surface area contributed by atoms with Gasteiger partial charge in [-0.05, 0) is 85.9 Å². The Hall–Kier alpha value is -0.790. The molecule has 0 spiro atoms. The molecule has 0 amide bonds. The van der Waals surface area contributed by atoms with Gasteiger partial charge in [-0.3, -0.25) is 4.79 Å². The highest BCUT2D eigenvalue weighted by Crippen LogP contribution is 2.58. The topological polar surface area (TPSA) is 26.3 Å². The van der Waals surface area contributed by atoms with Gasteiger partial charge >= 0.3 is 5.97 Å². The van der Waals surface area contributed by atoms with Crippen molar-refractivity contribution in [1.29, 1.82) is 0 Å². The zero-order valence-electron chi connectivity index (χ0n) is 22.1. The molecule has 3 aliphatic carbocycles. The lowest BCUT2D eigenvalue weighted by Crippen LogP contribution is -2.44. The summed E-state index contributed by atoms with van der Waals surface area (Å²) < 4.78 is 5.64. The van der Waals surface area contributed by atoms with E-state index in [1.165, 1.54) is 70.6 Å². The SMILES string of the molecule is CCCCC1[C@H]([C@@H]2CC[C@H]([C@H](C)CCCC(C)C)C2)CC=C2C[C@@H](OC(C)=O)CC[C@@]21C. The monoisotopic (exact) mass is 444 g/mol. The van der Waals surface area contributed by atoms with E-state index in [1.54, 1.807) is 12.5 Å². The Labute approximate surface area is 199 Å². The van der Waals surface area contributed by atoms with Gasteiger partial charge in [0.05, 0.1) is 0 Å². The summed E-state index contributed by atoms with van der Waals surface area (Å²) in [6.07, 6.45) is 19.9. The fourth-order valence-corrected chi connectivity index (χ4v) is 7.71. The van der Waals surface area contributed by atoms with Crippen molar-refractivity contribution in [2.24, 2.45) is 40.9 Å². The predicted molar refractivity (Wildman–Crippen MR) is 135 cm³/mol. The smallest absolute Gasteiger partial charge is 0.302 e. The first-order valence-electron chi connectivity index (χ1n) is 14.1. The van der Waals surface area contributed by atoms with E-state index >= 15 is 0 Å². The van der Waals surface area contributed by atoms with Gasteiger partial charge < -0.3 is 4.74 Å². The quantitative estimate of drug-likeness (QED) is 0.249. The lowest BCUT2D eigenvalue weighted by atomic mass is 9.53. The van der Waals surface area contributed by atoms with Crippen molar-refractivity contribution < 1.29 is 9.53 Å². The Morgan fingerprint density at radius 1 is 1.16 bits per heavy atom. The zero-order valence-corrected chi connectivity index (χ0v) is 22.1. The lowest BCUT2D eigenvalue weighted by molar-refractivity contribution is -0.148. The van der Waals surface area contributed by atoms with Crippen LogP contribution in [0.25, 0.3) is 0 Å². The van der Waals surface area contributed by atoms with Gasteiger partial charge in [-0.25, -0.2) is 0 Å². The number of unbranched alkanes of at least 4 members (excludes halogenated alkanes) is 1. The highest BCUT2D eigenvalue weighted by atomic mass is 16.5. The van der Waals surface area contributed by atoms with E-state index < -0.39 is 0 Å². The highest BCUT2D eigenvalue weighted by Gasteiger charge is 2.49. The molecule has 0 heterocycles. The molecular formula is C30H52O2. The molecular weight excluding hydrogens is 392 g/mol. The first-order valence-corrected chi connectivity index (χ1v) is 14.1. The average molecular weight is 445 g/mol. The van der Waals surface area contributed by atoms with Crippen LogP contribution in [0.15, 0.2) is 11.6 Å². The standard InChI is InChI=1S/C30H52O2/c1-7-8-12-29-28(25-14-13-24(19-25)22(4)11-9-10-21(2)3)16-15-26-20-27(32-23(5)31)17-18-30(26,29)6/h15,21-22,24-25,27-29H,7-14,16-20H2,1-6H3/t22-,24+,25-,27+,28+,29?,30+/m1/s1. The van der Waals surface area contributed by atoms with Gasteiger partial charge in [0.25, 0.3) is 0 Å². The minimum atomic E-state index is -0.116. The summed E-state index contributed by atoms with van der Waals surface area (Å²) in [6.45, 7) is 13.7. The Balaban J connectivity index is 1.67. The van der Waals surface area contributed by atoms with Crippen LogP contribution in [0.2, 0.25) is 0 Å². The molecule has 0 N–H and O–H groups in total. The number of hydrogen-bond acceptors (Lipinski definition) is 2. The third kappa shape index (κ3) is 6.20. The summed E-state index contributed by atoms with van der Waals surface area (Å²) in [5.74, 6) is 5.20. The van der Waals surface area contributed by atoms with Gasteiger partial charge in [-0.2, -0.15) is 0 Å². The zero-order chi connectivity index (χ0) is 23.3. The summed E-state index contributed by atoms with van der Waals surface area (Å²) in [5, 5.41) is 0. The van der Waals surface area contributed by atoms with Gasteiger partial charge in [0.15, 0.2) is 0 Å². The fourth-order valence-electron chi connectivity index (χ4n) is 7.71. The largest absolute Gasteiger partial charge is 0.462 e. The Morgan fingerprint density at radius 2 is 1.94 bits per heavy atom. The highest BCUT2D eigenvalue weighted by molar-refractivity contribution is 5.66. The number of rotatable bonds is 10. The third-order valence-electron chi connectivity index (χ3n) is 9.70. The minimum absolute atomic E-state index is 0.109. The second-order valence-electron chi connectivity index (χ2n) is 12.4. The van der Waals surface area contributed by atoms with E-state index in [4.69, 9.17) is 4.74 Å². The van der Waals surface area contributed by atoms with Crippen molar-refractivity contribution in [2.75, 3.05) is 0 Å². The molecule has 2 nitrogen and oxygen atoms in total. The van der Waals surface area contributed by atoms with E-state index in [9.17, 15) is 4.79 Å². The second-order valence-corrected chi connectivity index (χ2v) is 12.4. The van der Waals surface area contributed by atoms with Gasteiger partial charge in [0.1, 0.15) is 6.10 Å². The van der Waals surface area contributed by atoms with Gasteiger partial charge in [-0.15, -0.1) is 0 Å². The normalized spacial score (nSPS) is 36.0. The number of fused-ring (bicyclic) bond motifs is 1. The van der Waals surface area contributed by atoms with E-state index in [0.717, 1.165) is 48.3 Å². The molecule has 0 saturated heterocycles. The number of ether oxygens (including phenoxy) is 1. The maximum Gasteiger partial charge on any atom is 0.302 e. The van der Waals surface area contributed by atoms with Gasteiger partial charge in [-0.1, -0.05) is 78.4 Å². The molecule has 0 radical (unpaired) electrons. The molecule has 3 aliphatic rings. The van der Waals surface area contributed by atoms with Gasteiger partial charge in [0.2, 0.25) is 0 Å². The summed E-state index contributed by atoms with van der Waals surface area (Å²) in [4.78, 5) is 11.5. The lowest BCUT2D eigenvalue weighted by Gasteiger charge is -2.52. The molecule has 2 fully saturated rings. The number of hydrogen-bond donors (Lipinski definition) is 0. The maximum absolute atomic E-state index is 11.5. The number of carbonyl (C=O) groups excluding carboxylic acids is 1. The van der Waals surface area contributed by atoms with E-state index in [2.05, 4.69) is 40.7 Å². The maximum atomic E-state index is 11.5. The van der Waals surface area contributed by atoms with Crippen LogP contribution in [0.5, 0.6) is 0 Å². The number of allylic oxidation sites excluding steroid dienone is 1. The third-order valence-corrected chi connectivity index (χ3v) is 9.70. The molecule has 0 aromatic heterocycles. The van der Waals surface area contributed by atoms with Crippen LogP contribution in [0.3, 0.4) is 0 Å². The first-order chi connectivity index (χ1) is 15.2. The van der Waals surface area contributed by atoms with Crippen molar-refractivity contribution in [1.82, 2.24) is 0 Å². The summed E-state index contributed by atoms with van der Waals surface area (Å²) in [7, 11) is 0. The number of esters is 1. The van der Waals surface area contributed by atoms with Crippen LogP contribution in [0.1, 0.15) is 125 Å². The van der Waals surface area contributed by atoms with Crippen molar-refractivity contribution >= 4 is 5.97 Å². The molecule has 7 atom stereocenters. The minimum Gasteiger partial charge on any atom is -0.462 e. The van der Waals surface area contributed by atoms with E-state index in [-0.39, 0.29) is 12.1 Å². The molecule has 3 rings (SSSR count). The van der Waals surface area contributed by atoms with Crippen molar-refractivity contribution in [3.8, 4) is 0 Å². The van der Waals surface area contributed by atoms with Crippen LogP contribution in [0.4, 0.5) is 0 Å². The molecule has 32 heavy (non-hydrogen) atoms. The molecule has 2 heteroatoms. The molecule has 0 aromatic rings.